The average Bonchev–Trinajstić information content (AvgIpc) is 2.64. The van der Waals surface area contributed by atoms with E-state index in [1.165, 1.54) is 0 Å². The highest BCUT2D eigenvalue weighted by atomic mass is 16.2. The Kier molecular flexibility index (Phi) is 9.45. The molecule has 0 aliphatic heterocycles. The van der Waals surface area contributed by atoms with E-state index in [1.54, 1.807) is 0 Å². The average molecular weight is 403 g/mol. The molecule has 0 unspecified atom stereocenters. The standard InChI is InChI=1S/C23H38N4O2/c1-5-26(6-2)13-14-27(17-18(3)4)23(29)24-16-19-9-7-12-21(15-19)25-22(28)20-10-8-11-20/h7,9,12,15,18,20H,5-6,8,10-11,13-14,16-17H2,1-4H3,(H,24,29)(H,25,28). The van der Waals surface area contributed by atoms with E-state index >= 15 is 0 Å². The molecule has 162 valence electrons. The summed E-state index contributed by atoms with van der Waals surface area (Å²) in [5, 5.41) is 6.04. The maximum absolute atomic E-state index is 12.8. The Labute approximate surface area is 176 Å². The van der Waals surface area contributed by atoms with Crippen LogP contribution in [0.25, 0.3) is 0 Å². The van der Waals surface area contributed by atoms with Crippen molar-refractivity contribution in [3.05, 3.63) is 29.8 Å². The van der Waals surface area contributed by atoms with Crippen LogP contribution in [0.4, 0.5) is 10.5 Å². The van der Waals surface area contributed by atoms with E-state index in [4.69, 9.17) is 0 Å². The molecule has 0 bridgehead atoms. The van der Waals surface area contributed by atoms with Crippen LogP contribution < -0.4 is 10.6 Å². The number of benzene rings is 1. The molecular weight excluding hydrogens is 364 g/mol. The van der Waals surface area contributed by atoms with Gasteiger partial charge in [-0.05, 0) is 49.5 Å². The minimum Gasteiger partial charge on any atom is -0.334 e. The number of carbonyl (C=O) groups is 2. The van der Waals surface area contributed by atoms with Crippen LogP contribution in [0.5, 0.6) is 0 Å². The van der Waals surface area contributed by atoms with Crippen molar-refractivity contribution >= 4 is 17.6 Å². The van der Waals surface area contributed by atoms with Crippen molar-refractivity contribution in [1.29, 1.82) is 0 Å². The van der Waals surface area contributed by atoms with E-state index in [9.17, 15) is 9.59 Å². The van der Waals surface area contributed by atoms with E-state index < -0.39 is 0 Å². The van der Waals surface area contributed by atoms with Gasteiger partial charge >= 0.3 is 6.03 Å². The molecule has 0 radical (unpaired) electrons. The van der Waals surface area contributed by atoms with Crippen LogP contribution >= 0.6 is 0 Å². The van der Waals surface area contributed by atoms with Crippen LogP contribution in [0.1, 0.15) is 52.5 Å². The molecule has 1 fully saturated rings. The lowest BCUT2D eigenvalue weighted by Gasteiger charge is -2.28. The normalized spacial score (nSPS) is 14.0. The lowest BCUT2D eigenvalue weighted by atomic mass is 9.85. The summed E-state index contributed by atoms with van der Waals surface area (Å²) in [7, 11) is 0. The van der Waals surface area contributed by atoms with Gasteiger partial charge in [0.1, 0.15) is 0 Å². The number of nitrogens with zero attached hydrogens (tertiary/aromatic N) is 2. The lowest BCUT2D eigenvalue weighted by molar-refractivity contribution is -0.122. The first kappa shape index (κ1) is 23.2. The molecule has 1 aliphatic rings. The third-order valence-electron chi connectivity index (χ3n) is 5.57. The first-order valence-electron chi connectivity index (χ1n) is 11.1. The second-order valence-corrected chi connectivity index (χ2v) is 8.34. The Bertz CT molecular complexity index is 654. The first-order valence-corrected chi connectivity index (χ1v) is 11.1. The summed E-state index contributed by atoms with van der Waals surface area (Å²) in [6, 6.07) is 7.71. The quantitative estimate of drug-likeness (QED) is 0.589. The van der Waals surface area contributed by atoms with E-state index in [1.807, 2.05) is 29.2 Å². The van der Waals surface area contributed by atoms with Crippen LogP contribution in [0.3, 0.4) is 0 Å². The number of hydrogen-bond donors (Lipinski definition) is 2. The number of rotatable bonds is 11. The van der Waals surface area contributed by atoms with Gasteiger partial charge in [-0.1, -0.05) is 46.2 Å². The van der Waals surface area contributed by atoms with Crippen LogP contribution in [-0.2, 0) is 11.3 Å². The largest absolute Gasteiger partial charge is 0.334 e. The monoisotopic (exact) mass is 402 g/mol. The van der Waals surface area contributed by atoms with Gasteiger partial charge in [0.15, 0.2) is 0 Å². The van der Waals surface area contributed by atoms with Crippen molar-refractivity contribution in [2.75, 3.05) is 38.0 Å². The number of hydrogen-bond acceptors (Lipinski definition) is 3. The Morgan fingerprint density at radius 1 is 1.14 bits per heavy atom. The van der Waals surface area contributed by atoms with Crippen molar-refractivity contribution < 1.29 is 9.59 Å². The maximum atomic E-state index is 12.8. The smallest absolute Gasteiger partial charge is 0.317 e. The molecule has 2 rings (SSSR count). The number of likely N-dealkylation sites (N-methyl/N-ethyl adjacent to an activating group) is 1. The zero-order chi connectivity index (χ0) is 21.2. The Balaban J connectivity index is 1.88. The molecule has 1 aromatic carbocycles. The molecule has 6 nitrogen and oxygen atoms in total. The summed E-state index contributed by atoms with van der Waals surface area (Å²) < 4.78 is 0. The van der Waals surface area contributed by atoms with Gasteiger partial charge in [0.25, 0.3) is 0 Å². The highest BCUT2D eigenvalue weighted by Crippen LogP contribution is 2.27. The molecule has 2 N–H and O–H groups in total. The first-order chi connectivity index (χ1) is 13.9. The highest BCUT2D eigenvalue weighted by Gasteiger charge is 2.25. The summed E-state index contributed by atoms with van der Waals surface area (Å²) >= 11 is 0. The molecule has 29 heavy (non-hydrogen) atoms. The van der Waals surface area contributed by atoms with Crippen LogP contribution in [0.2, 0.25) is 0 Å². The molecule has 0 saturated heterocycles. The lowest BCUT2D eigenvalue weighted by Crippen LogP contribution is -2.45. The van der Waals surface area contributed by atoms with Gasteiger partial charge in [-0.3, -0.25) is 4.79 Å². The Morgan fingerprint density at radius 2 is 1.86 bits per heavy atom. The Morgan fingerprint density at radius 3 is 2.45 bits per heavy atom. The zero-order valence-electron chi connectivity index (χ0n) is 18.5. The fourth-order valence-electron chi connectivity index (χ4n) is 3.48. The maximum Gasteiger partial charge on any atom is 0.317 e. The van der Waals surface area contributed by atoms with Gasteiger partial charge in [-0.15, -0.1) is 0 Å². The van der Waals surface area contributed by atoms with Crippen LogP contribution in [-0.4, -0.2) is 54.5 Å². The van der Waals surface area contributed by atoms with E-state index in [-0.39, 0.29) is 17.9 Å². The molecule has 0 heterocycles. The highest BCUT2D eigenvalue weighted by molar-refractivity contribution is 5.93. The summed E-state index contributed by atoms with van der Waals surface area (Å²) in [4.78, 5) is 29.2. The SMILES string of the molecule is CCN(CC)CCN(CC(C)C)C(=O)NCc1cccc(NC(=O)C2CCC2)c1. The molecule has 0 aromatic heterocycles. The molecule has 6 heteroatoms. The van der Waals surface area contributed by atoms with Crippen LogP contribution in [0, 0.1) is 11.8 Å². The predicted octanol–water partition coefficient (Wildman–Crippen LogP) is 3.93. The van der Waals surface area contributed by atoms with E-state index in [0.29, 0.717) is 12.5 Å². The van der Waals surface area contributed by atoms with Crippen molar-refractivity contribution in [1.82, 2.24) is 15.1 Å². The molecule has 0 spiro atoms. The minimum absolute atomic E-state index is 0.0326. The van der Waals surface area contributed by atoms with Gasteiger partial charge in [0, 0.05) is 37.8 Å². The second kappa shape index (κ2) is 11.8. The summed E-state index contributed by atoms with van der Waals surface area (Å²) in [5.41, 5.74) is 1.78. The van der Waals surface area contributed by atoms with Gasteiger partial charge in [0.05, 0.1) is 0 Å². The fourth-order valence-corrected chi connectivity index (χ4v) is 3.48. The molecular formula is C23H38N4O2. The Hall–Kier alpha value is -2.08. The molecule has 1 aromatic rings. The van der Waals surface area contributed by atoms with Crippen LogP contribution in [0.15, 0.2) is 24.3 Å². The summed E-state index contributed by atoms with van der Waals surface area (Å²) in [6.07, 6.45) is 3.12. The number of anilines is 1. The molecule has 1 aliphatic carbocycles. The van der Waals surface area contributed by atoms with Crippen molar-refractivity contribution in [2.24, 2.45) is 11.8 Å². The van der Waals surface area contributed by atoms with Crippen molar-refractivity contribution in [3.8, 4) is 0 Å². The van der Waals surface area contributed by atoms with Crippen molar-refractivity contribution in [3.63, 3.8) is 0 Å². The molecule has 0 atom stereocenters. The topological polar surface area (TPSA) is 64.7 Å². The number of urea groups is 1. The zero-order valence-corrected chi connectivity index (χ0v) is 18.5. The summed E-state index contributed by atoms with van der Waals surface area (Å²) in [6.45, 7) is 13.3. The van der Waals surface area contributed by atoms with Crippen molar-refractivity contribution in [2.45, 2.75) is 53.5 Å². The van der Waals surface area contributed by atoms with Gasteiger partial charge < -0.3 is 20.4 Å². The van der Waals surface area contributed by atoms with E-state index in [2.05, 4.69) is 43.2 Å². The van der Waals surface area contributed by atoms with Gasteiger partial charge in [-0.25, -0.2) is 4.79 Å². The van der Waals surface area contributed by atoms with Gasteiger partial charge in [-0.2, -0.15) is 0 Å². The summed E-state index contributed by atoms with van der Waals surface area (Å²) in [5.74, 6) is 0.688. The van der Waals surface area contributed by atoms with Gasteiger partial charge in [0.2, 0.25) is 5.91 Å². The third-order valence-corrected chi connectivity index (χ3v) is 5.57. The van der Waals surface area contributed by atoms with E-state index in [0.717, 1.165) is 63.2 Å². The second-order valence-electron chi connectivity index (χ2n) is 8.34. The fraction of sp³-hybridized carbons (Fsp3) is 0.652. The molecule has 1 saturated carbocycles. The third kappa shape index (κ3) is 7.69. The number of carbonyl (C=O) groups excluding carboxylic acids is 2. The number of nitrogens with one attached hydrogen (secondary N) is 2. The number of amides is 3. The minimum atomic E-state index is -0.0326. The predicted molar refractivity (Wildman–Crippen MR) is 119 cm³/mol. The molecule has 3 amide bonds.